The molecule has 30 heavy (non-hydrogen) atoms. The van der Waals surface area contributed by atoms with Gasteiger partial charge in [-0.3, -0.25) is 4.79 Å². The van der Waals surface area contributed by atoms with Crippen LogP contribution in [0.1, 0.15) is 40.6 Å². The highest BCUT2D eigenvalue weighted by Gasteiger charge is 2.35. The minimum absolute atomic E-state index is 0.0358. The first-order valence-corrected chi connectivity index (χ1v) is 11.1. The van der Waals surface area contributed by atoms with Crippen molar-refractivity contribution in [2.75, 3.05) is 18.5 Å². The van der Waals surface area contributed by atoms with Crippen molar-refractivity contribution in [1.29, 1.82) is 0 Å². The van der Waals surface area contributed by atoms with E-state index >= 15 is 0 Å². The van der Waals surface area contributed by atoms with Gasteiger partial charge in [0.25, 0.3) is 5.91 Å². The lowest BCUT2D eigenvalue weighted by atomic mass is 10.0. The van der Waals surface area contributed by atoms with Gasteiger partial charge in [0.1, 0.15) is 18.5 Å². The van der Waals surface area contributed by atoms with Crippen LogP contribution in [0.5, 0.6) is 5.75 Å². The van der Waals surface area contributed by atoms with Gasteiger partial charge in [-0.25, -0.2) is 4.98 Å². The van der Waals surface area contributed by atoms with Gasteiger partial charge in [0.2, 0.25) is 0 Å². The average molecular weight is 422 g/mol. The molecule has 0 bridgehead atoms. The number of aromatic nitrogens is 1. The minimum Gasteiger partial charge on any atom is -0.487 e. The van der Waals surface area contributed by atoms with Crippen molar-refractivity contribution >= 4 is 22.9 Å². The topological polar surface area (TPSA) is 63.7 Å². The minimum atomic E-state index is -0.246. The molecule has 0 saturated carbocycles. The monoisotopic (exact) mass is 421 g/mol. The normalized spacial score (nSPS) is 20.7. The molecule has 154 valence electrons. The van der Waals surface area contributed by atoms with E-state index in [2.05, 4.69) is 10.3 Å². The Morgan fingerprint density at radius 1 is 1.20 bits per heavy atom. The molecule has 1 fully saturated rings. The van der Waals surface area contributed by atoms with Gasteiger partial charge in [-0.15, -0.1) is 11.3 Å². The molecule has 7 heteroatoms. The number of rotatable bonds is 6. The summed E-state index contributed by atoms with van der Waals surface area (Å²) in [6.07, 6.45) is 1.88. The third kappa shape index (κ3) is 3.91. The quantitative estimate of drug-likeness (QED) is 0.636. The number of hydrogen-bond donors (Lipinski definition) is 1. The fraction of sp³-hybridized carbons (Fsp3) is 0.304. The maximum Gasteiger partial charge on any atom is 0.257 e. The lowest BCUT2D eigenvalue weighted by Crippen LogP contribution is -2.46. The Hall–Kier alpha value is -2.90. The Morgan fingerprint density at radius 3 is 2.83 bits per heavy atom. The van der Waals surface area contributed by atoms with Gasteiger partial charge >= 0.3 is 0 Å². The highest BCUT2D eigenvalue weighted by atomic mass is 32.1. The van der Waals surface area contributed by atoms with E-state index in [1.54, 1.807) is 16.8 Å². The van der Waals surface area contributed by atoms with Gasteiger partial charge in [-0.2, -0.15) is 0 Å². The predicted molar refractivity (Wildman–Crippen MR) is 116 cm³/mol. The van der Waals surface area contributed by atoms with Crippen molar-refractivity contribution in [2.24, 2.45) is 0 Å². The lowest BCUT2D eigenvalue weighted by molar-refractivity contribution is 0.0427. The van der Waals surface area contributed by atoms with Crippen molar-refractivity contribution in [3.05, 3.63) is 76.2 Å². The van der Waals surface area contributed by atoms with Crippen LogP contribution in [-0.4, -0.2) is 35.0 Å². The van der Waals surface area contributed by atoms with E-state index in [0.29, 0.717) is 18.7 Å². The molecule has 3 aromatic rings. The summed E-state index contributed by atoms with van der Waals surface area (Å²) in [4.78, 5) is 19.4. The maximum atomic E-state index is 13.3. The van der Waals surface area contributed by atoms with Crippen molar-refractivity contribution in [1.82, 2.24) is 9.88 Å². The van der Waals surface area contributed by atoms with Crippen LogP contribution in [0.15, 0.2) is 59.4 Å². The molecule has 5 rings (SSSR count). The Labute approximate surface area is 179 Å². The van der Waals surface area contributed by atoms with Gasteiger partial charge in [0, 0.05) is 24.2 Å². The molecular formula is C23H23N3O3S. The molecule has 2 aliphatic heterocycles. The number of para-hydroxylation sites is 1. The number of ether oxygens (including phenoxy) is 2. The summed E-state index contributed by atoms with van der Waals surface area (Å²) in [5.74, 6) is 0.814. The number of anilines is 1. The average Bonchev–Trinajstić information content (AvgIpc) is 3.49. The number of fused-ring (bicyclic) bond motifs is 1. The van der Waals surface area contributed by atoms with Crippen LogP contribution in [0.2, 0.25) is 0 Å². The molecule has 2 atom stereocenters. The summed E-state index contributed by atoms with van der Waals surface area (Å²) in [6, 6.07) is 15.6. The third-order valence-corrected chi connectivity index (χ3v) is 6.15. The summed E-state index contributed by atoms with van der Waals surface area (Å²) in [5.41, 5.74) is 5.29. The van der Waals surface area contributed by atoms with Crippen LogP contribution in [0, 0.1) is 0 Å². The Morgan fingerprint density at radius 2 is 2.07 bits per heavy atom. The molecule has 0 aliphatic carbocycles. The van der Waals surface area contributed by atoms with Crippen LogP contribution in [-0.2, 0) is 11.3 Å². The summed E-state index contributed by atoms with van der Waals surface area (Å²) < 4.78 is 11.6. The number of nitrogens with zero attached hydrogens (tertiary/aromatic N) is 2. The van der Waals surface area contributed by atoms with Gasteiger partial charge in [0.05, 0.1) is 22.9 Å². The van der Waals surface area contributed by atoms with Crippen molar-refractivity contribution in [3.63, 3.8) is 0 Å². The zero-order valence-corrected chi connectivity index (χ0v) is 17.3. The Kier molecular flexibility index (Phi) is 5.38. The predicted octanol–water partition coefficient (Wildman–Crippen LogP) is 4.47. The first-order chi connectivity index (χ1) is 14.8. The maximum absolute atomic E-state index is 13.3. The first-order valence-electron chi connectivity index (χ1n) is 10.2. The number of thiazole rings is 1. The van der Waals surface area contributed by atoms with E-state index < -0.39 is 0 Å². The summed E-state index contributed by atoms with van der Waals surface area (Å²) >= 11 is 1.56. The molecule has 2 aliphatic rings. The van der Waals surface area contributed by atoms with Gasteiger partial charge in [-0.1, -0.05) is 24.3 Å². The van der Waals surface area contributed by atoms with Crippen LogP contribution in [0.4, 0.5) is 5.69 Å². The highest BCUT2D eigenvalue weighted by Crippen LogP contribution is 2.34. The van der Waals surface area contributed by atoms with Crippen molar-refractivity contribution < 1.29 is 14.3 Å². The van der Waals surface area contributed by atoms with E-state index in [1.165, 1.54) is 0 Å². The van der Waals surface area contributed by atoms with E-state index in [1.807, 2.05) is 58.8 Å². The second-order valence-corrected chi connectivity index (χ2v) is 8.24. The molecular weight excluding hydrogens is 398 g/mol. The molecule has 0 spiro atoms. The summed E-state index contributed by atoms with van der Waals surface area (Å²) in [7, 11) is 0. The highest BCUT2D eigenvalue weighted by molar-refractivity contribution is 7.07. The number of carbonyl (C=O) groups excluding carboxylic acids is 1. The van der Waals surface area contributed by atoms with E-state index in [-0.39, 0.29) is 18.2 Å². The van der Waals surface area contributed by atoms with Crippen molar-refractivity contribution in [3.8, 4) is 5.75 Å². The van der Waals surface area contributed by atoms with E-state index in [4.69, 9.17) is 9.47 Å². The molecule has 3 heterocycles. The van der Waals surface area contributed by atoms with E-state index in [9.17, 15) is 4.79 Å². The van der Waals surface area contributed by atoms with E-state index in [0.717, 1.165) is 42.1 Å². The van der Waals surface area contributed by atoms with Crippen LogP contribution in [0.25, 0.3) is 0 Å². The standard InChI is InChI=1S/C23H23N3O3S/c27-23-20-5-1-2-6-21(20)25-22(26(23)12-19-4-3-11-28-19)16-7-9-18(10-8-16)29-13-17-14-30-15-24-17/h1-2,5-10,14-15,19,22,25H,3-4,11-13H2. The van der Waals surface area contributed by atoms with Gasteiger partial charge in [0.15, 0.2) is 0 Å². The Bertz CT molecular complexity index is 1000. The fourth-order valence-corrected chi connectivity index (χ4v) is 4.51. The smallest absolute Gasteiger partial charge is 0.257 e. The second-order valence-electron chi connectivity index (χ2n) is 7.52. The molecule has 1 saturated heterocycles. The SMILES string of the molecule is O=C1c2ccccc2NC(c2ccc(OCc3cscn3)cc2)N1CC1CCCO1. The molecule has 1 aromatic heterocycles. The number of amides is 1. The molecule has 2 unspecified atom stereocenters. The molecule has 2 aromatic carbocycles. The number of benzene rings is 2. The zero-order valence-electron chi connectivity index (χ0n) is 16.5. The van der Waals surface area contributed by atoms with Crippen LogP contribution >= 0.6 is 11.3 Å². The van der Waals surface area contributed by atoms with Crippen LogP contribution < -0.4 is 10.1 Å². The van der Waals surface area contributed by atoms with Crippen LogP contribution in [0.3, 0.4) is 0 Å². The molecule has 6 nitrogen and oxygen atoms in total. The summed E-state index contributed by atoms with van der Waals surface area (Å²) in [5, 5.41) is 5.52. The third-order valence-electron chi connectivity index (χ3n) is 5.51. The lowest BCUT2D eigenvalue weighted by Gasteiger charge is -2.39. The fourth-order valence-electron chi connectivity index (χ4n) is 3.96. The first kappa shape index (κ1) is 19.1. The number of hydrogen-bond acceptors (Lipinski definition) is 6. The summed E-state index contributed by atoms with van der Waals surface area (Å²) in [6.45, 7) is 1.79. The van der Waals surface area contributed by atoms with Gasteiger partial charge in [-0.05, 0) is 42.7 Å². The van der Waals surface area contributed by atoms with Gasteiger partial charge < -0.3 is 19.7 Å². The zero-order chi connectivity index (χ0) is 20.3. The number of carbonyl (C=O) groups is 1. The molecule has 0 radical (unpaired) electrons. The number of nitrogens with one attached hydrogen (secondary N) is 1. The Balaban J connectivity index is 1.37. The molecule has 1 amide bonds. The van der Waals surface area contributed by atoms with Crippen molar-refractivity contribution in [2.45, 2.75) is 31.7 Å². The second kappa shape index (κ2) is 8.45. The molecule has 1 N–H and O–H groups in total. The largest absolute Gasteiger partial charge is 0.487 e.